The number of benzene rings is 5. The van der Waals surface area contributed by atoms with Crippen molar-refractivity contribution in [3.05, 3.63) is 125 Å². The van der Waals surface area contributed by atoms with Gasteiger partial charge >= 0.3 is 0 Å². The van der Waals surface area contributed by atoms with Crippen molar-refractivity contribution in [2.75, 3.05) is 26.4 Å². The van der Waals surface area contributed by atoms with E-state index in [1.54, 1.807) is 0 Å². The highest BCUT2D eigenvalue weighted by molar-refractivity contribution is 14.1. The van der Waals surface area contributed by atoms with Crippen molar-refractivity contribution in [2.24, 2.45) is 0 Å². The molecule has 0 radical (unpaired) electrons. The second-order valence-electron chi connectivity index (χ2n) is 12.4. The molecule has 0 N–H and O–H groups in total. The largest absolute Gasteiger partial charge is 0.346 e. The number of rotatable bonds is 12. The fourth-order valence-electron chi connectivity index (χ4n) is 6.79. The van der Waals surface area contributed by atoms with Crippen LogP contribution in [0.15, 0.2) is 84.9 Å². The molecule has 5 aromatic carbocycles. The summed E-state index contributed by atoms with van der Waals surface area (Å²) < 4.78 is 26.0. The van der Waals surface area contributed by atoms with Crippen LogP contribution in [-0.2, 0) is 44.6 Å². The van der Waals surface area contributed by atoms with Crippen molar-refractivity contribution in [3.8, 4) is 0 Å². The van der Waals surface area contributed by atoms with Gasteiger partial charge in [-0.05, 0) is 152 Å². The molecule has 7 rings (SSSR count). The SMILES string of the molecule is Ic1cc(CCCCc2ccc3cccc(C4OCCO4)c3c2)c(I)cc1CCCCc1ccc2cccc(C3OCCO3)c2c1. The molecule has 46 heavy (non-hydrogen) atoms. The second kappa shape index (κ2) is 15.4. The van der Waals surface area contributed by atoms with Gasteiger partial charge in [-0.25, -0.2) is 0 Å². The van der Waals surface area contributed by atoms with Gasteiger partial charge in [-0.2, -0.15) is 0 Å². The highest BCUT2D eigenvalue weighted by Crippen LogP contribution is 2.33. The Morgan fingerprint density at radius 2 is 0.891 bits per heavy atom. The van der Waals surface area contributed by atoms with Crippen LogP contribution in [0.1, 0.15) is 71.6 Å². The van der Waals surface area contributed by atoms with Gasteiger partial charge in [0.25, 0.3) is 0 Å². The molecule has 0 amide bonds. The lowest BCUT2D eigenvalue weighted by atomic mass is 9.97. The summed E-state index contributed by atoms with van der Waals surface area (Å²) in [6, 6.07) is 31.4. The lowest BCUT2D eigenvalue weighted by molar-refractivity contribution is -0.0432. The molecule has 6 heteroatoms. The molecule has 0 aliphatic carbocycles. The van der Waals surface area contributed by atoms with Gasteiger partial charge in [0.2, 0.25) is 0 Å². The maximum absolute atomic E-state index is 5.81. The van der Waals surface area contributed by atoms with Gasteiger partial charge in [0.1, 0.15) is 0 Å². The Morgan fingerprint density at radius 1 is 0.478 bits per heavy atom. The van der Waals surface area contributed by atoms with Crippen LogP contribution in [0.5, 0.6) is 0 Å². The lowest BCUT2D eigenvalue weighted by Crippen LogP contribution is -2.00. The zero-order chi connectivity index (χ0) is 31.3. The van der Waals surface area contributed by atoms with E-state index in [4.69, 9.17) is 18.9 Å². The van der Waals surface area contributed by atoms with Gasteiger partial charge in [-0.3, -0.25) is 0 Å². The molecule has 5 aromatic rings. The zero-order valence-corrected chi connectivity index (χ0v) is 30.4. The minimum absolute atomic E-state index is 0.238. The van der Waals surface area contributed by atoms with E-state index < -0.39 is 0 Å². The van der Waals surface area contributed by atoms with Crippen LogP contribution in [-0.4, -0.2) is 26.4 Å². The van der Waals surface area contributed by atoms with E-state index in [0.717, 1.165) is 36.8 Å². The van der Waals surface area contributed by atoms with Crippen LogP contribution in [0.4, 0.5) is 0 Å². The molecule has 0 spiro atoms. The third-order valence-electron chi connectivity index (χ3n) is 9.25. The molecule has 2 heterocycles. The molecule has 238 valence electrons. The molecule has 0 atom stereocenters. The standard InChI is InChI=1S/C40H40I2O4/c41-37-26-32(10-4-2-8-28-16-18-30-12-6-14-34(36(30)24-28)40-45-21-22-46-40)38(42)25-31(37)9-3-1-7-27-15-17-29-11-5-13-33(35(29)23-27)39-43-19-20-44-39/h5-6,11-18,23-26,39-40H,1-4,7-10,19-22H2. The van der Waals surface area contributed by atoms with Gasteiger partial charge in [-0.15, -0.1) is 0 Å². The van der Waals surface area contributed by atoms with Crippen molar-refractivity contribution < 1.29 is 18.9 Å². The van der Waals surface area contributed by atoms with Crippen LogP contribution in [0, 0.1) is 7.14 Å². The Labute approximate surface area is 299 Å². The minimum Gasteiger partial charge on any atom is -0.346 e. The van der Waals surface area contributed by atoms with Crippen LogP contribution >= 0.6 is 45.2 Å². The zero-order valence-electron chi connectivity index (χ0n) is 26.1. The first-order chi connectivity index (χ1) is 22.6. The maximum atomic E-state index is 5.81. The van der Waals surface area contributed by atoms with Crippen LogP contribution < -0.4 is 0 Å². The van der Waals surface area contributed by atoms with Gasteiger partial charge < -0.3 is 18.9 Å². The normalized spacial score (nSPS) is 15.9. The Balaban J connectivity index is 0.903. The van der Waals surface area contributed by atoms with Crippen molar-refractivity contribution >= 4 is 66.7 Å². The fraction of sp³-hybridized carbons (Fsp3) is 0.350. The highest BCUT2D eigenvalue weighted by atomic mass is 127. The average Bonchev–Trinajstić information content (AvgIpc) is 3.82. The summed E-state index contributed by atoms with van der Waals surface area (Å²) in [5.41, 5.74) is 8.03. The Bertz CT molecular complexity index is 1670. The van der Waals surface area contributed by atoms with Gasteiger partial charge in [-0.1, -0.05) is 72.8 Å². The predicted octanol–water partition coefficient (Wildman–Crippen LogP) is 10.4. The number of hydrogen-bond donors (Lipinski definition) is 0. The fourth-order valence-corrected chi connectivity index (χ4v) is 8.39. The van der Waals surface area contributed by atoms with Crippen molar-refractivity contribution in [1.29, 1.82) is 0 Å². The van der Waals surface area contributed by atoms with Crippen LogP contribution in [0.2, 0.25) is 0 Å². The first kappa shape index (κ1) is 32.5. The van der Waals surface area contributed by atoms with Gasteiger partial charge in [0.15, 0.2) is 12.6 Å². The van der Waals surface area contributed by atoms with Crippen molar-refractivity contribution in [2.45, 2.75) is 63.9 Å². The Hall–Kier alpha value is -2.08. The van der Waals surface area contributed by atoms with E-state index in [2.05, 4.69) is 130 Å². The minimum atomic E-state index is -0.238. The summed E-state index contributed by atoms with van der Waals surface area (Å²) in [4.78, 5) is 0. The molecule has 4 nitrogen and oxygen atoms in total. The molecular weight excluding hydrogens is 798 g/mol. The number of aryl methyl sites for hydroxylation is 4. The highest BCUT2D eigenvalue weighted by Gasteiger charge is 2.21. The van der Waals surface area contributed by atoms with E-state index >= 15 is 0 Å². The quantitative estimate of drug-likeness (QED) is 0.0927. The predicted molar refractivity (Wildman–Crippen MR) is 202 cm³/mol. The number of ether oxygens (including phenoxy) is 4. The van der Waals surface area contributed by atoms with E-state index in [1.807, 2.05) is 0 Å². The van der Waals surface area contributed by atoms with E-state index in [1.165, 1.54) is 76.6 Å². The molecule has 0 aromatic heterocycles. The summed E-state index contributed by atoms with van der Waals surface area (Å²) in [5.74, 6) is 0. The van der Waals surface area contributed by atoms with Gasteiger partial charge in [0.05, 0.1) is 26.4 Å². The number of unbranched alkanes of at least 4 members (excludes halogenated alkanes) is 2. The van der Waals surface area contributed by atoms with E-state index in [-0.39, 0.29) is 12.6 Å². The first-order valence-electron chi connectivity index (χ1n) is 16.6. The summed E-state index contributed by atoms with van der Waals surface area (Å²) >= 11 is 5.09. The van der Waals surface area contributed by atoms with Gasteiger partial charge in [0, 0.05) is 18.3 Å². The number of halogens is 2. The monoisotopic (exact) mass is 838 g/mol. The van der Waals surface area contributed by atoms with Crippen LogP contribution in [0.25, 0.3) is 21.5 Å². The number of fused-ring (bicyclic) bond motifs is 2. The lowest BCUT2D eigenvalue weighted by Gasteiger charge is -2.14. The molecule has 2 fully saturated rings. The maximum Gasteiger partial charge on any atom is 0.184 e. The molecule has 2 saturated heterocycles. The summed E-state index contributed by atoms with van der Waals surface area (Å²) in [6.45, 7) is 2.67. The Kier molecular flexibility index (Phi) is 10.9. The summed E-state index contributed by atoms with van der Waals surface area (Å²) in [6.07, 6.45) is 8.67. The smallest absolute Gasteiger partial charge is 0.184 e. The first-order valence-corrected chi connectivity index (χ1v) is 18.7. The number of hydrogen-bond acceptors (Lipinski definition) is 4. The molecule has 0 saturated carbocycles. The molecule has 0 bridgehead atoms. The molecule has 0 unspecified atom stereocenters. The second-order valence-corrected chi connectivity index (χ2v) is 14.7. The topological polar surface area (TPSA) is 36.9 Å². The molecule has 2 aliphatic heterocycles. The van der Waals surface area contributed by atoms with E-state index in [0.29, 0.717) is 26.4 Å². The van der Waals surface area contributed by atoms with Crippen LogP contribution in [0.3, 0.4) is 0 Å². The van der Waals surface area contributed by atoms with Crippen molar-refractivity contribution in [1.82, 2.24) is 0 Å². The summed E-state index contributed by atoms with van der Waals surface area (Å²) in [5, 5.41) is 5.00. The average molecular weight is 839 g/mol. The van der Waals surface area contributed by atoms with E-state index in [9.17, 15) is 0 Å². The summed E-state index contributed by atoms with van der Waals surface area (Å²) in [7, 11) is 0. The third-order valence-corrected chi connectivity index (χ3v) is 11.3. The molecular formula is C40H40I2O4. The molecule has 2 aliphatic rings. The third kappa shape index (κ3) is 7.63. The van der Waals surface area contributed by atoms with Crippen molar-refractivity contribution in [3.63, 3.8) is 0 Å². The Morgan fingerprint density at radius 3 is 1.33 bits per heavy atom.